The fourth-order valence-electron chi connectivity index (χ4n) is 0. The van der Waals surface area contributed by atoms with Crippen molar-refractivity contribution in [1.82, 2.24) is 0 Å². The molecule has 0 saturated heterocycles. The summed E-state index contributed by atoms with van der Waals surface area (Å²) in [6.45, 7) is 0. The summed E-state index contributed by atoms with van der Waals surface area (Å²) in [5, 5.41) is 7.33. The second-order valence-electron chi connectivity index (χ2n) is 0.120. The summed E-state index contributed by atoms with van der Waals surface area (Å²) in [5.74, 6) is 0. The van der Waals surface area contributed by atoms with Gasteiger partial charge in [0.05, 0.1) is 0 Å². The summed E-state index contributed by atoms with van der Waals surface area (Å²) in [6, 6.07) is -0.278. The Morgan fingerprint density at radius 3 is 2.00 bits per heavy atom. The van der Waals surface area contributed by atoms with Gasteiger partial charge in [-0.2, -0.15) is 0 Å². The zero-order chi connectivity index (χ0) is 2.71. The van der Waals surface area contributed by atoms with E-state index in [0.717, 1.165) is 0 Å². The van der Waals surface area contributed by atoms with Crippen LogP contribution >= 0.6 is 11.6 Å². The molecule has 0 bridgehead atoms. The van der Waals surface area contributed by atoms with Crippen molar-refractivity contribution in [2.75, 3.05) is 6.07 Å². The van der Waals surface area contributed by atoms with Crippen molar-refractivity contribution < 1.29 is 7.96 Å². The Morgan fingerprint density at radius 2 is 2.00 bits per heavy atom. The molecule has 0 radical (unpaired) electrons. The minimum Gasteiger partial charge on any atom is -1.00 e. The van der Waals surface area contributed by atoms with Gasteiger partial charge in [-0.15, -0.1) is 0 Å². The number of hydrogen-bond acceptors (Lipinski definition) is 1. The van der Waals surface area contributed by atoms with Gasteiger partial charge in [-0.25, -0.2) is 0 Å². The van der Waals surface area contributed by atoms with E-state index in [9.17, 15) is 0 Å². The third-order valence-electron chi connectivity index (χ3n) is 0. The molecule has 4 heavy (non-hydrogen) atoms. The summed E-state index contributed by atoms with van der Waals surface area (Å²) in [5.41, 5.74) is 0. The molecule has 0 aliphatic heterocycles. The van der Waals surface area contributed by atoms with Crippen LogP contribution in [-0.2, 0) is 0 Å². The molecule has 1 N–H and O–H groups in total. The van der Waals surface area contributed by atoms with E-state index in [-0.39, 0.29) is 32.0 Å². The monoisotopic (exact) mass is 92.0 g/mol. The quantitative estimate of drug-likeness (QED) is 0.330. The Hall–Kier alpha value is 1.02. The molecule has 0 aromatic heterocycles. The molecule has 0 spiro atoms. The molecule has 0 atom stereocenters. The number of aliphatic hydroxyl groups is 1. The summed E-state index contributed by atoms with van der Waals surface area (Å²) in [7, 11) is 0. The van der Waals surface area contributed by atoms with E-state index in [1.165, 1.54) is 0 Å². The Balaban J connectivity index is -0.00000000667. The Labute approximate surface area is 49.1 Å². The SMILES string of the molecule is OCCl.[H-].[H-].[Mg+2]. The van der Waals surface area contributed by atoms with Crippen molar-refractivity contribution in [3.63, 3.8) is 0 Å². The zero-order valence-electron chi connectivity index (χ0n) is 4.24. The van der Waals surface area contributed by atoms with E-state index in [4.69, 9.17) is 5.11 Å². The summed E-state index contributed by atoms with van der Waals surface area (Å²) >= 11 is 4.55. The Kier molecular flexibility index (Phi) is 20.0. The molecule has 0 saturated carbocycles. The molecule has 0 rings (SSSR count). The number of alkyl halides is 1. The van der Waals surface area contributed by atoms with E-state index in [1.807, 2.05) is 0 Å². The van der Waals surface area contributed by atoms with E-state index < -0.39 is 0 Å². The van der Waals surface area contributed by atoms with Crippen LogP contribution in [-0.4, -0.2) is 34.2 Å². The third-order valence-corrected chi connectivity index (χ3v) is 0. The van der Waals surface area contributed by atoms with Crippen LogP contribution < -0.4 is 0 Å². The Morgan fingerprint density at radius 1 is 2.00 bits per heavy atom. The second-order valence-corrected chi connectivity index (χ2v) is 0.359. The number of aliphatic hydroxyl groups excluding tert-OH is 1. The first-order valence-corrected chi connectivity index (χ1v) is 1.12. The van der Waals surface area contributed by atoms with Gasteiger partial charge in [-0.3, -0.25) is 0 Å². The molecular weight excluding hydrogens is 87.8 g/mol. The first-order chi connectivity index (χ1) is 1.41. The van der Waals surface area contributed by atoms with Crippen molar-refractivity contribution in [2.24, 2.45) is 0 Å². The summed E-state index contributed by atoms with van der Waals surface area (Å²) in [6.07, 6.45) is 0. The van der Waals surface area contributed by atoms with Gasteiger partial charge in [0.25, 0.3) is 0 Å². The second kappa shape index (κ2) is 8.99. The Bertz CT molecular complexity index is 13.5. The number of hydrogen-bond donors (Lipinski definition) is 1. The fourth-order valence-corrected chi connectivity index (χ4v) is 0. The average Bonchev–Trinajstić information content (AvgIpc) is 0.918. The molecule has 24 valence electrons. The van der Waals surface area contributed by atoms with Gasteiger partial charge in [0.15, 0.2) is 0 Å². The molecule has 0 aromatic carbocycles. The first kappa shape index (κ1) is 8.89. The summed E-state index contributed by atoms with van der Waals surface area (Å²) < 4.78 is 0. The maximum atomic E-state index is 7.33. The van der Waals surface area contributed by atoms with Crippen molar-refractivity contribution in [1.29, 1.82) is 0 Å². The van der Waals surface area contributed by atoms with Crippen LogP contribution in [0.3, 0.4) is 0 Å². The van der Waals surface area contributed by atoms with Crippen LogP contribution in [0.25, 0.3) is 0 Å². The fraction of sp³-hybridized carbons (Fsp3) is 1.00. The largest absolute Gasteiger partial charge is 2.00 e. The van der Waals surface area contributed by atoms with Crippen LogP contribution in [0.1, 0.15) is 2.85 Å². The molecule has 3 heteroatoms. The number of halogens is 1. The van der Waals surface area contributed by atoms with Gasteiger partial charge in [0, 0.05) is 0 Å². The van der Waals surface area contributed by atoms with Crippen molar-refractivity contribution in [3.8, 4) is 0 Å². The standard InChI is InChI=1S/CH3ClO.Mg.2H/c2-1-3;;;/h3H,1H2;;;/q;+2;2*-1. The minimum absolute atomic E-state index is 0. The first-order valence-electron chi connectivity index (χ1n) is 0.583. The van der Waals surface area contributed by atoms with Crippen LogP contribution in [0.15, 0.2) is 0 Å². The van der Waals surface area contributed by atoms with Crippen LogP contribution in [0.4, 0.5) is 0 Å². The molecule has 0 aromatic rings. The van der Waals surface area contributed by atoms with Gasteiger partial charge < -0.3 is 7.96 Å². The smallest absolute Gasteiger partial charge is 1.00 e. The molecule has 0 aliphatic rings. The molecular formula is CH5ClMgO. The number of rotatable bonds is 0. The van der Waals surface area contributed by atoms with Crippen LogP contribution in [0, 0.1) is 0 Å². The van der Waals surface area contributed by atoms with Crippen molar-refractivity contribution >= 4 is 34.7 Å². The summed E-state index contributed by atoms with van der Waals surface area (Å²) in [4.78, 5) is 0. The van der Waals surface area contributed by atoms with Gasteiger partial charge in [0.2, 0.25) is 0 Å². The van der Waals surface area contributed by atoms with Crippen LogP contribution in [0.5, 0.6) is 0 Å². The van der Waals surface area contributed by atoms with Gasteiger partial charge >= 0.3 is 23.1 Å². The average molecular weight is 92.8 g/mol. The molecule has 0 heterocycles. The van der Waals surface area contributed by atoms with Gasteiger partial charge in [-0.1, -0.05) is 11.6 Å². The van der Waals surface area contributed by atoms with Crippen LogP contribution in [0.2, 0.25) is 0 Å². The maximum Gasteiger partial charge on any atom is 2.00 e. The minimum atomic E-state index is -0.278. The molecule has 0 aliphatic carbocycles. The zero-order valence-corrected chi connectivity index (χ0v) is 4.41. The molecule has 1 nitrogen and oxygen atoms in total. The van der Waals surface area contributed by atoms with Crippen molar-refractivity contribution in [3.05, 3.63) is 0 Å². The van der Waals surface area contributed by atoms with E-state index >= 15 is 0 Å². The molecule has 0 amide bonds. The third kappa shape index (κ3) is 11.9. The van der Waals surface area contributed by atoms with Gasteiger partial charge in [0.1, 0.15) is 6.07 Å². The predicted octanol–water partition coefficient (Wildman–Crippen LogP) is 0.0192. The molecule has 0 unspecified atom stereocenters. The molecule has 0 fully saturated rings. The van der Waals surface area contributed by atoms with E-state index in [2.05, 4.69) is 11.6 Å². The predicted molar refractivity (Wildman–Crippen MR) is 20.9 cm³/mol. The normalized spacial score (nSPS) is 4.50. The van der Waals surface area contributed by atoms with E-state index in [0.29, 0.717) is 0 Å². The van der Waals surface area contributed by atoms with Crippen molar-refractivity contribution in [2.45, 2.75) is 0 Å². The van der Waals surface area contributed by atoms with E-state index in [1.54, 1.807) is 0 Å². The van der Waals surface area contributed by atoms with Gasteiger partial charge in [-0.05, 0) is 0 Å². The topological polar surface area (TPSA) is 20.2 Å². The maximum absolute atomic E-state index is 7.33.